The Morgan fingerprint density at radius 3 is 2.35 bits per heavy atom. The third kappa shape index (κ3) is 2.21. The first-order valence-electron chi connectivity index (χ1n) is 6.23. The van der Waals surface area contributed by atoms with Crippen LogP contribution in [0.1, 0.15) is 11.4 Å². The Balaban J connectivity index is 0.00000147. The summed E-state index contributed by atoms with van der Waals surface area (Å²) in [5.74, 6) is 0.706. The summed E-state index contributed by atoms with van der Waals surface area (Å²) < 4.78 is 1.68. The van der Waals surface area contributed by atoms with Crippen LogP contribution in [0.2, 0.25) is 0 Å². The maximum atomic E-state index is 12.6. The summed E-state index contributed by atoms with van der Waals surface area (Å²) >= 11 is 0. The molecule has 0 saturated heterocycles. The first-order valence-corrected chi connectivity index (χ1v) is 6.23. The monoisotopic (exact) mass is 285 g/mol. The van der Waals surface area contributed by atoms with Crippen molar-refractivity contribution in [1.82, 2.24) is 9.55 Å². The van der Waals surface area contributed by atoms with Gasteiger partial charge in [-0.3, -0.25) is 9.36 Å². The number of rotatable bonds is 1. The zero-order valence-electron chi connectivity index (χ0n) is 11.3. The fourth-order valence-corrected chi connectivity index (χ4v) is 2.34. The molecule has 3 rings (SSSR count). The van der Waals surface area contributed by atoms with Gasteiger partial charge in [0.2, 0.25) is 0 Å². The summed E-state index contributed by atoms with van der Waals surface area (Å²) in [6.07, 6.45) is 0. The quantitative estimate of drug-likeness (QED) is 0.631. The number of aryl methyl sites for hydroxylation is 2. The van der Waals surface area contributed by atoms with E-state index in [2.05, 4.69) is 4.98 Å². The maximum absolute atomic E-state index is 12.6. The normalized spacial score (nSPS) is 10.3. The lowest BCUT2D eigenvalue weighted by Crippen LogP contribution is -3.00. The van der Waals surface area contributed by atoms with Gasteiger partial charge in [0, 0.05) is 0 Å². The molecule has 0 aliphatic heterocycles. The molecule has 0 bridgehead atoms. The molecular weight excluding hydrogens is 272 g/mol. The van der Waals surface area contributed by atoms with Gasteiger partial charge in [-0.05, 0) is 37.6 Å². The smallest absolute Gasteiger partial charge is 0.265 e. The number of aromatic nitrogens is 2. The average molecular weight is 286 g/mol. The standard InChI is InChI=1S/C16H14N2O.ClH/c1-11-7-3-6-10-15(11)18-12(2)17-14-9-5-4-8-13(14)16(18)19;/h3-10H,1-2H3;1H/p-1. The largest absolute Gasteiger partial charge is 1.00 e. The minimum Gasteiger partial charge on any atom is -1.00 e. The van der Waals surface area contributed by atoms with Crippen molar-refractivity contribution in [3.63, 3.8) is 0 Å². The van der Waals surface area contributed by atoms with Crippen molar-refractivity contribution in [3.05, 3.63) is 70.3 Å². The van der Waals surface area contributed by atoms with E-state index in [-0.39, 0.29) is 18.0 Å². The average Bonchev–Trinajstić information content (AvgIpc) is 2.41. The zero-order valence-corrected chi connectivity index (χ0v) is 12.1. The van der Waals surface area contributed by atoms with Crippen LogP contribution < -0.4 is 18.0 Å². The molecule has 0 fully saturated rings. The topological polar surface area (TPSA) is 34.9 Å². The summed E-state index contributed by atoms with van der Waals surface area (Å²) in [6, 6.07) is 15.3. The predicted octanol–water partition coefficient (Wildman–Crippen LogP) is 0.00654. The Hall–Kier alpha value is -2.13. The van der Waals surface area contributed by atoms with E-state index in [1.807, 2.05) is 62.4 Å². The molecular formula is C16H14ClN2O-. The van der Waals surface area contributed by atoms with Gasteiger partial charge in [0.25, 0.3) is 5.56 Å². The van der Waals surface area contributed by atoms with Gasteiger partial charge >= 0.3 is 0 Å². The number of fused-ring (bicyclic) bond motifs is 1. The van der Waals surface area contributed by atoms with E-state index < -0.39 is 0 Å². The molecule has 1 heterocycles. The Bertz CT molecular complexity index is 824. The Morgan fingerprint density at radius 2 is 1.60 bits per heavy atom. The molecule has 0 atom stereocenters. The van der Waals surface area contributed by atoms with Gasteiger partial charge in [-0.15, -0.1) is 0 Å². The van der Waals surface area contributed by atoms with Gasteiger partial charge in [0.1, 0.15) is 5.82 Å². The predicted molar refractivity (Wildman–Crippen MR) is 76.8 cm³/mol. The number of benzene rings is 2. The van der Waals surface area contributed by atoms with E-state index in [1.54, 1.807) is 4.57 Å². The first-order chi connectivity index (χ1) is 9.18. The maximum Gasteiger partial charge on any atom is 0.265 e. The molecule has 1 aromatic heterocycles. The Kier molecular flexibility index (Phi) is 3.91. The van der Waals surface area contributed by atoms with Crippen LogP contribution in [0.4, 0.5) is 0 Å². The van der Waals surface area contributed by atoms with Gasteiger partial charge in [0.05, 0.1) is 16.6 Å². The fourth-order valence-electron chi connectivity index (χ4n) is 2.34. The minimum atomic E-state index is -0.0163. The highest BCUT2D eigenvalue weighted by Gasteiger charge is 2.10. The lowest BCUT2D eigenvalue weighted by atomic mass is 10.2. The fraction of sp³-hybridized carbons (Fsp3) is 0.125. The highest BCUT2D eigenvalue weighted by atomic mass is 35.5. The molecule has 0 aliphatic rings. The Labute approximate surface area is 123 Å². The van der Waals surface area contributed by atoms with Gasteiger partial charge in [-0.2, -0.15) is 0 Å². The van der Waals surface area contributed by atoms with Crippen molar-refractivity contribution in [2.24, 2.45) is 0 Å². The number of nitrogens with zero attached hydrogens (tertiary/aromatic N) is 2. The molecule has 20 heavy (non-hydrogen) atoms. The van der Waals surface area contributed by atoms with Crippen LogP contribution in [0, 0.1) is 13.8 Å². The highest BCUT2D eigenvalue weighted by Crippen LogP contribution is 2.15. The molecule has 3 nitrogen and oxygen atoms in total. The molecule has 0 spiro atoms. The lowest BCUT2D eigenvalue weighted by molar-refractivity contribution is -0.00000407. The van der Waals surface area contributed by atoms with Crippen molar-refractivity contribution in [2.75, 3.05) is 0 Å². The van der Waals surface area contributed by atoms with Gasteiger partial charge in [0.15, 0.2) is 0 Å². The Morgan fingerprint density at radius 1 is 0.950 bits per heavy atom. The van der Waals surface area contributed by atoms with Crippen LogP contribution in [0.15, 0.2) is 53.3 Å². The molecule has 3 aromatic rings. The summed E-state index contributed by atoms with van der Waals surface area (Å²) in [5, 5.41) is 0.649. The van der Waals surface area contributed by atoms with Crippen LogP contribution in [0.3, 0.4) is 0 Å². The van der Waals surface area contributed by atoms with Crippen LogP contribution >= 0.6 is 0 Å². The first kappa shape index (κ1) is 14.3. The molecule has 0 unspecified atom stereocenters. The van der Waals surface area contributed by atoms with E-state index >= 15 is 0 Å². The molecule has 0 aliphatic carbocycles. The second-order valence-corrected chi connectivity index (χ2v) is 4.60. The van der Waals surface area contributed by atoms with Crippen LogP contribution in [-0.2, 0) is 0 Å². The number of halogens is 1. The van der Waals surface area contributed by atoms with Crippen LogP contribution in [0.25, 0.3) is 16.6 Å². The zero-order chi connectivity index (χ0) is 13.4. The van der Waals surface area contributed by atoms with E-state index in [9.17, 15) is 4.79 Å². The number of para-hydroxylation sites is 2. The summed E-state index contributed by atoms with van der Waals surface area (Å²) in [7, 11) is 0. The second kappa shape index (κ2) is 5.47. The molecule has 4 heteroatoms. The molecule has 0 radical (unpaired) electrons. The summed E-state index contributed by atoms with van der Waals surface area (Å²) in [4.78, 5) is 17.1. The molecule has 102 valence electrons. The van der Waals surface area contributed by atoms with Crippen LogP contribution in [-0.4, -0.2) is 9.55 Å². The van der Waals surface area contributed by atoms with Crippen molar-refractivity contribution >= 4 is 10.9 Å². The molecule has 0 saturated carbocycles. The highest BCUT2D eigenvalue weighted by molar-refractivity contribution is 5.77. The minimum absolute atomic E-state index is 0. The summed E-state index contributed by atoms with van der Waals surface area (Å²) in [6.45, 7) is 3.86. The SMILES string of the molecule is Cc1ccccc1-n1c(C)nc2ccccc2c1=O.[Cl-]. The number of hydrogen-bond donors (Lipinski definition) is 0. The molecule has 0 amide bonds. The van der Waals surface area contributed by atoms with Crippen molar-refractivity contribution in [1.29, 1.82) is 0 Å². The van der Waals surface area contributed by atoms with E-state index in [0.29, 0.717) is 11.2 Å². The van der Waals surface area contributed by atoms with Crippen molar-refractivity contribution in [3.8, 4) is 5.69 Å². The lowest BCUT2D eigenvalue weighted by Gasteiger charge is -2.12. The van der Waals surface area contributed by atoms with E-state index in [0.717, 1.165) is 16.8 Å². The third-order valence-electron chi connectivity index (χ3n) is 3.30. The number of hydrogen-bond acceptors (Lipinski definition) is 2. The van der Waals surface area contributed by atoms with Crippen molar-refractivity contribution in [2.45, 2.75) is 13.8 Å². The molecule has 0 N–H and O–H groups in total. The van der Waals surface area contributed by atoms with Gasteiger partial charge < -0.3 is 12.4 Å². The third-order valence-corrected chi connectivity index (χ3v) is 3.30. The molecule has 2 aromatic carbocycles. The van der Waals surface area contributed by atoms with Gasteiger partial charge in [-0.25, -0.2) is 4.98 Å². The van der Waals surface area contributed by atoms with Gasteiger partial charge in [-0.1, -0.05) is 30.3 Å². The van der Waals surface area contributed by atoms with E-state index in [1.165, 1.54) is 0 Å². The van der Waals surface area contributed by atoms with Crippen LogP contribution in [0.5, 0.6) is 0 Å². The van der Waals surface area contributed by atoms with E-state index in [4.69, 9.17) is 0 Å². The van der Waals surface area contributed by atoms with Crippen molar-refractivity contribution < 1.29 is 12.4 Å². The second-order valence-electron chi connectivity index (χ2n) is 4.60. The summed E-state index contributed by atoms with van der Waals surface area (Å²) in [5.41, 5.74) is 2.68.